The van der Waals surface area contributed by atoms with Crippen LogP contribution >= 0.6 is 15.9 Å². The van der Waals surface area contributed by atoms with Crippen molar-refractivity contribution in [2.24, 2.45) is 0 Å². The molecule has 0 saturated carbocycles. The van der Waals surface area contributed by atoms with Crippen LogP contribution in [-0.2, 0) is 19.6 Å². The van der Waals surface area contributed by atoms with Crippen molar-refractivity contribution < 1.29 is 17.9 Å². The van der Waals surface area contributed by atoms with Gasteiger partial charge in [0.05, 0.1) is 12.0 Å². The van der Waals surface area contributed by atoms with Crippen LogP contribution < -0.4 is 4.72 Å². The Balaban J connectivity index is 2.24. The first-order valence-corrected chi connectivity index (χ1v) is 8.83. The van der Waals surface area contributed by atoms with Crippen LogP contribution in [0.25, 0.3) is 6.08 Å². The SMILES string of the molecule is COC(=O)/C=C/c1cccc(S(=O)(=O)Nc2ccc(Br)cc2)c1. The summed E-state index contributed by atoms with van der Waals surface area (Å²) in [4.78, 5) is 11.2. The Morgan fingerprint density at radius 3 is 2.52 bits per heavy atom. The number of halogens is 1. The average Bonchev–Trinajstić information content (AvgIpc) is 2.55. The summed E-state index contributed by atoms with van der Waals surface area (Å²) in [6.07, 6.45) is 2.72. The zero-order chi connectivity index (χ0) is 16.9. The molecule has 2 aromatic carbocycles. The monoisotopic (exact) mass is 395 g/mol. The minimum Gasteiger partial charge on any atom is -0.466 e. The standard InChI is InChI=1S/C16H14BrNO4S/c1-22-16(19)10-5-12-3-2-4-15(11-12)23(20,21)18-14-8-6-13(17)7-9-14/h2-11,18H,1H3/b10-5+. The Hall–Kier alpha value is -2.12. The molecule has 0 amide bonds. The zero-order valence-electron chi connectivity index (χ0n) is 12.2. The molecule has 0 saturated heterocycles. The van der Waals surface area contributed by atoms with Crippen LogP contribution in [0.15, 0.2) is 64.0 Å². The first-order valence-electron chi connectivity index (χ1n) is 6.55. The first-order chi connectivity index (χ1) is 10.9. The molecule has 0 aliphatic heterocycles. The second kappa shape index (κ2) is 7.43. The maximum absolute atomic E-state index is 12.4. The van der Waals surface area contributed by atoms with E-state index in [1.54, 1.807) is 36.4 Å². The van der Waals surface area contributed by atoms with E-state index in [1.165, 1.54) is 31.4 Å². The number of hydrogen-bond donors (Lipinski definition) is 1. The largest absolute Gasteiger partial charge is 0.466 e. The summed E-state index contributed by atoms with van der Waals surface area (Å²) >= 11 is 3.29. The van der Waals surface area contributed by atoms with Crippen molar-refractivity contribution >= 4 is 43.7 Å². The molecule has 5 nitrogen and oxygen atoms in total. The molecule has 0 fully saturated rings. The molecule has 0 bridgehead atoms. The van der Waals surface area contributed by atoms with Gasteiger partial charge in [-0.15, -0.1) is 0 Å². The van der Waals surface area contributed by atoms with Crippen LogP contribution in [-0.4, -0.2) is 21.5 Å². The molecule has 0 unspecified atom stereocenters. The van der Waals surface area contributed by atoms with Crippen molar-refractivity contribution in [3.8, 4) is 0 Å². The number of carbonyl (C=O) groups excluding carboxylic acids is 1. The van der Waals surface area contributed by atoms with Crippen LogP contribution in [0.5, 0.6) is 0 Å². The molecule has 120 valence electrons. The predicted octanol–water partition coefficient (Wildman–Crippen LogP) is 3.44. The van der Waals surface area contributed by atoms with Gasteiger partial charge in [-0.3, -0.25) is 4.72 Å². The number of anilines is 1. The Morgan fingerprint density at radius 2 is 1.87 bits per heavy atom. The Bertz CT molecular complexity index is 829. The first kappa shape index (κ1) is 17.2. The van der Waals surface area contributed by atoms with Crippen molar-refractivity contribution in [3.05, 3.63) is 64.6 Å². The number of esters is 1. The summed E-state index contributed by atoms with van der Waals surface area (Å²) in [5.74, 6) is -0.508. The third-order valence-corrected chi connectivity index (χ3v) is 4.79. The van der Waals surface area contributed by atoms with Crippen LogP contribution in [0.1, 0.15) is 5.56 Å². The fourth-order valence-electron chi connectivity index (χ4n) is 1.75. The van der Waals surface area contributed by atoms with Crippen LogP contribution in [0.2, 0.25) is 0 Å². The maximum Gasteiger partial charge on any atom is 0.330 e. The number of ether oxygens (including phenoxy) is 1. The summed E-state index contributed by atoms with van der Waals surface area (Å²) in [6.45, 7) is 0. The molecular formula is C16H14BrNO4S. The molecule has 1 N–H and O–H groups in total. The fraction of sp³-hybridized carbons (Fsp3) is 0.0625. The van der Waals surface area contributed by atoms with Crippen molar-refractivity contribution in [1.82, 2.24) is 0 Å². The highest BCUT2D eigenvalue weighted by Crippen LogP contribution is 2.19. The van der Waals surface area contributed by atoms with E-state index in [1.807, 2.05) is 0 Å². The topological polar surface area (TPSA) is 72.5 Å². The molecule has 0 aliphatic carbocycles. The molecule has 0 heterocycles. The number of methoxy groups -OCH3 is 1. The summed E-state index contributed by atoms with van der Waals surface area (Å²) in [5.41, 5.74) is 1.04. The highest BCUT2D eigenvalue weighted by atomic mass is 79.9. The summed E-state index contributed by atoms with van der Waals surface area (Å²) in [7, 11) is -2.43. The lowest BCUT2D eigenvalue weighted by Gasteiger charge is -2.08. The van der Waals surface area contributed by atoms with Crippen LogP contribution in [0.4, 0.5) is 5.69 Å². The molecule has 0 radical (unpaired) electrons. The minimum atomic E-state index is -3.71. The molecule has 23 heavy (non-hydrogen) atoms. The summed E-state index contributed by atoms with van der Waals surface area (Å²) in [5, 5.41) is 0. The smallest absolute Gasteiger partial charge is 0.330 e. The van der Waals surface area contributed by atoms with Crippen LogP contribution in [0.3, 0.4) is 0 Å². The highest BCUT2D eigenvalue weighted by Gasteiger charge is 2.14. The van der Waals surface area contributed by atoms with E-state index in [0.29, 0.717) is 11.3 Å². The number of benzene rings is 2. The summed E-state index contributed by atoms with van der Waals surface area (Å²) < 4.78 is 32.6. The molecule has 7 heteroatoms. The quantitative estimate of drug-likeness (QED) is 0.621. The average molecular weight is 396 g/mol. The van der Waals surface area contributed by atoms with Gasteiger partial charge in [-0.1, -0.05) is 28.1 Å². The lowest BCUT2D eigenvalue weighted by molar-refractivity contribution is -0.134. The van der Waals surface area contributed by atoms with Gasteiger partial charge in [0.15, 0.2) is 0 Å². The van der Waals surface area contributed by atoms with Crippen molar-refractivity contribution in [1.29, 1.82) is 0 Å². The number of carbonyl (C=O) groups is 1. The van der Waals surface area contributed by atoms with Gasteiger partial charge < -0.3 is 4.74 Å². The maximum atomic E-state index is 12.4. The summed E-state index contributed by atoms with van der Waals surface area (Å²) in [6, 6.07) is 13.1. The van der Waals surface area contributed by atoms with Gasteiger partial charge in [0.2, 0.25) is 0 Å². The van der Waals surface area contributed by atoms with E-state index < -0.39 is 16.0 Å². The third-order valence-electron chi connectivity index (χ3n) is 2.88. The molecule has 0 spiro atoms. The van der Waals surface area contributed by atoms with Crippen molar-refractivity contribution in [2.75, 3.05) is 11.8 Å². The Labute approximate surface area is 143 Å². The normalized spacial score (nSPS) is 11.4. The third kappa shape index (κ3) is 4.94. The highest BCUT2D eigenvalue weighted by molar-refractivity contribution is 9.10. The number of rotatable bonds is 5. The Kier molecular flexibility index (Phi) is 5.57. The zero-order valence-corrected chi connectivity index (χ0v) is 14.6. The molecule has 0 atom stereocenters. The number of hydrogen-bond acceptors (Lipinski definition) is 4. The van der Waals surface area contributed by atoms with Gasteiger partial charge in [0, 0.05) is 16.2 Å². The van der Waals surface area contributed by atoms with Gasteiger partial charge in [0.25, 0.3) is 10.0 Å². The van der Waals surface area contributed by atoms with Gasteiger partial charge >= 0.3 is 5.97 Å². The second-order valence-corrected chi connectivity index (χ2v) is 7.14. The minimum absolute atomic E-state index is 0.104. The van der Waals surface area contributed by atoms with E-state index >= 15 is 0 Å². The van der Waals surface area contributed by atoms with Gasteiger partial charge in [-0.25, -0.2) is 13.2 Å². The fourth-order valence-corrected chi connectivity index (χ4v) is 3.13. The second-order valence-electron chi connectivity index (χ2n) is 4.54. The number of sulfonamides is 1. The Morgan fingerprint density at radius 1 is 1.17 bits per heavy atom. The molecule has 0 aliphatic rings. The van der Waals surface area contributed by atoms with Gasteiger partial charge in [0.1, 0.15) is 0 Å². The van der Waals surface area contributed by atoms with Gasteiger partial charge in [-0.05, 0) is 48.0 Å². The lowest BCUT2D eigenvalue weighted by Crippen LogP contribution is -2.12. The van der Waals surface area contributed by atoms with E-state index in [4.69, 9.17) is 0 Å². The van der Waals surface area contributed by atoms with Crippen LogP contribution in [0, 0.1) is 0 Å². The van der Waals surface area contributed by atoms with Gasteiger partial charge in [-0.2, -0.15) is 0 Å². The molecule has 2 aromatic rings. The predicted molar refractivity (Wildman–Crippen MR) is 92.4 cm³/mol. The number of nitrogens with one attached hydrogen (secondary N) is 1. The molecule has 2 rings (SSSR count). The molecular weight excluding hydrogens is 382 g/mol. The molecule has 0 aromatic heterocycles. The van der Waals surface area contributed by atoms with E-state index in [-0.39, 0.29) is 4.90 Å². The van der Waals surface area contributed by atoms with E-state index in [0.717, 1.165) is 4.47 Å². The van der Waals surface area contributed by atoms with E-state index in [9.17, 15) is 13.2 Å². The van der Waals surface area contributed by atoms with E-state index in [2.05, 4.69) is 25.4 Å². The van der Waals surface area contributed by atoms with Crippen molar-refractivity contribution in [2.45, 2.75) is 4.90 Å². The van der Waals surface area contributed by atoms with Crippen molar-refractivity contribution in [3.63, 3.8) is 0 Å². The lowest BCUT2D eigenvalue weighted by atomic mass is 10.2.